The molecule has 0 radical (unpaired) electrons. The molecule has 0 heterocycles. The van der Waals surface area contributed by atoms with Crippen molar-refractivity contribution in [3.63, 3.8) is 0 Å². The maximum absolute atomic E-state index is 14.6. The molecule has 1 aliphatic carbocycles. The van der Waals surface area contributed by atoms with Crippen LogP contribution in [0.1, 0.15) is 66.2 Å². The van der Waals surface area contributed by atoms with Gasteiger partial charge < -0.3 is 0 Å². The van der Waals surface area contributed by atoms with Gasteiger partial charge in [-0.1, -0.05) is 39.8 Å². The van der Waals surface area contributed by atoms with Gasteiger partial charge in [-0.3, -0.25) is 0 Å². The molecule has 0 aromatic carbocycles. The Morgan fingerprint density at radius 1 is 1.31 bits per heavy atom. The van der Waals surface area contributed by atoms with Crippen LogP contribution in [0.15, 0.2) is 12.2 Å². The second-order valence-corrected chi connectivity index (χ2v) is 5.72. The van der Waals surface area contributed by atoms with Gasteiger partial charge in [-0.05, 0) is 49.9 Å². The minimum Gasteiger partial charge on any atom is -0.244 e. The monoisotopic (exact) mass is 226 g/mol. The number of hydrogen-bond acceptors (Lipinski definition) is 0. The second kappa shape index (κ2) is 5.33. The fourth-order valence-corrected chi connectivity index (χ4v) is 2.87. The first-order chi connectivity index (χ1) is 7.48. The third-order valence-electron chi connectivity index (χ3n) is 4.53. The van der Waals surface area contributed by atoms with Crippen molar-refractivity contribution in [2.24, 2.45) is 11.3 Å². The van der Waals surface area contributed by atoms with Gasteiger partial charge in [0.25, 0.3) is 0 Å². The highest BCUT2D eigenvalue weighted by molar-refractivity contribution is 5.07. The molecule has 1 unspecified atom stereocenters. The Balaban J connectivity index is 2.86. The summed E-state index contributed by atoms with van der Waals surface area (Å²) in [6.07, 6.45) is 10.1. The highest BCUT2D eigenvalue weighted by Gasteiger charge is 2.40. The normalized spacial score (nSPS) is 26.4. The minimum atomic E-state index is -0.966. The van der Waals surface area contributed by atoms with E-state index in [-0.39, 0.29) is 5.41 Å². The summed E-state index contributed by atoms with van der Waals surface area (Å²) in [6, 6.07) is 0. The van der Waals surface area contributed by atoms with Crippen molar-refractivity contribution in [3.05, 3.63) is 12.2 Å². The Morgan fingerprint density at radius 2 is 1.94 bits per heavy atom. The van der Waals surface area contributed by atoms with E-state index in [2.05, 4.69) is 26.0 Å². The smallest absolute Gasteiger partial charge is 0.111 e. The zero-order valence-electron chi connectivity index (χ0n) is 11.4. The fourth-order valence-electron chi connectivity index (χ4n) is 2.87. The van der Waals surface area contributed by atoms with Crippen LogP contribution in [0, 0.1) is 11.3 Å². The number of rotatable bonds is 5. The average Bonchev–Trinajstić information content (AvgIpc) is 2.30. The summed E-state index contributed by atoms with van der Waals surface area (Å²) < 4.78 is 14.6. The largest absolute Gasteiger partial charge is 0.244 e. The van der Waals surface area contributed by atoms with Gasteiger partial charge in [-0.2, -0.15) is 0 Å². The third-order valence-corrected chi connectivity index (χ3v) is 4.53. The molecule has 0 aromatic rings. The molecule has 0 nitrogen and oxygen atoms in total. The van der Waals surface area contributed by atoms with Crippen LogP contribution in [-0.4, -0.2) is 5.67 Å². The van der Waals surface area contributed by atoms with Crippen molar-refractivity contribution >= 4 is 0 Å². The first-order valence-electron chi connectivity index (χ1n) is 6.84. The maximum Gasteiger partial charge on any atom is 0.111 e. The van der Waals surface area contributed by atoms with Crippen LogP contribution in [0.2, 0.25) is 0 Å². The highest BCUT2D eigenvalue weighted by atomic mass is 19.1. The van der Waals surface area contributed by atoms with Crippen molar-refractivity contribution in [1.29, 1.82) is 0 Å². The lowest BCUT2D eigenvalue weighted by molar-refractivity contribution is 0.0565. The molecule has 0 saturated heterocycles. The van der Waals surface area contributed by atoms with Gasteiger partial charge >= 0.3 is 0 Å². The van der Waals surface area contributed by atoms with E-state index in [1.54, 1.807) is 0 Å². The predicted octanol–water partition coefficient (Wildman–Crippen LogP) is 5.29. The van der Waals surface area contributed by atoms with E-state index >= 15 is 0 Å². The number of hydrogen-bond donors (Lipinski definition) is 0. The third kappa shape index (κ3) is 2.87. The summed E-state index contributed by atoms with van der Waals surface area (Å²) in [6.45, 7) is 8.43. The molecule has 1 atom stereocenters. The Bertz CT molecular complexity index is 238. The number of halogens is 1. The van der Waals surface area contributed by atoms with Gasteiger partial charge in [0.2, 0.25) is 0 Å². The molecular formula is C15H27F. The molecule has 0 aliphatic heterocycles. The molecule has 1 rings (SSSR count). The van der Waals surface area contributed by atoms with E-state index < -0.39 is 5.67 Å². The summed E-state index contributed by atoms with van der Waals surface area (Å²) in [5.74, 6) is 0.539. The van der Waals surface area contributed by atoms with Gasteiger partial charge in [0, 0.05) is 0 Å². The van der Waals surface area contributed by atoms with E-state index in [1.165, 1.54) is 12.8 Å². The van der Waals surface area contributed by atoms with Gasteiger partial charge in [0.05, 0.1) is 0 Å². The van der Waals surface area contributed by atoms with Crippen LogP contribution >= 0.6 is 0 Å². The minimum absolute atomic E-state index is 0.110. The number of alkyl halides is 1. The van der Waals surface area contributed by atoms with Crippen molar-refractivity contribution in [2.75, 3.05) is 0 Å². The average molecular weight is 226 g/mol. The lowest BCUT2D eigenvalue weighted by Gasteiger charge is -2.42. The van der Waals surface area contributed by atoms with Crippen LogP contribution in [0.5, 0.6) is 0 Å². The molecule has 1 aliphatic rings. The Kier molecular flexibility index (Phi) is 4.58. The van der Waals surface area contributed by atoms with Gasteiger partial charge in [0.15, 0.2) is 0 Å². The van der Waals surface area contributed by atoms with E-state index in [1.807, 2.05) is 13.8 Å². The van der Waals surface area contributed by atoms with Crippen LogP contribution in [0.4, 0.5) is 4.39 Å². The van der Waals surface area contributed by atoms with E-state index in [0.717, 1.165) is 6.42 Å². The summed E-state index contributed by atoms with van der Waals surface area (Å²) in [5.41, 5.74) is -0.856. The lowest BCUT2D eigenvalue weighted by Crippen LogP contribution is -2.36. The highest BCUT2D eigenvalue weighted by Crippen LogP contribution is 2.47. The molecule has 94 valence electrons. The Hall–Kier alpha value is -0.330. The topological polar surface area (TPSA) is 0 Å². The van der Waals surface area contributed by atoms with Crippen molar-refractivity contribution in [2.45, 2.75) is 71.9 Å². The van der Waals surface area contributed by atoms with E-state index in [0.29, 0.717) is 25.2 Å². The van der Waals surface area contributed by atoms with Gasteiger partial charge in [0.1, 0.15) is 5.67 Å². The molecule has 0 N–H and O–H groups in total. The molecule has 0 bridgehead atoms. The molecule has 1 heteroatoms. The second-order valence-electron chi connectivity index (χ2n) is 5.72. The van der Waals surface area contributed by atoms with Gasteiger partial charge in [-0.15, -0.1) is 0 Å². The van der Waals surface area contributed by atoms with Crippen LogP contribution in [0.3, 0.4) is 0 Å². The van der Waals surface area contributed by atoms with Gasteiger partial charge in [-0.25, -0.2) is 4.39 Å². The summed E-state index contributed by atoms with van der Waals surface area (Å²) in [5, 5.41) is 0. The SMILES string of the molecule is CCC(F)(CC)CC1(C(C)C)C=CCCC1. The standard InChI is InChI=1S/C15H27F/c1-5-15(16,6-2)12-14(13(3)4)10-8-7-9-11-14/h8,10,13H,5-7,9,11-12H2,1-4H3. The van der Waals surface area contributed by atoms with Crippen molar-refractivity contribution in [1.82, 2.24) is 0 Å². The van der Waals surface area contributed by atoms with Crippen molar-refractivity contribution < 1.29 is 4.39 Å². The van der Waals surface area contributed by atoms with Crippen LogP contribution in [-0.2, 0) is 0 Å². The summed E-state index contributed by atoms with van der Waals surface area (Å²) >= 11 is 0. The molecule has 0 saturated carbocycles. The molecule has 0 fully saturated rings. The first-order valence-corrected chi connectivity index (χ1v) is 6.84. The van der Waals surface area contributed by atoms with Crippen LogP contribution < -0.4 is 0 Å². The zero-order chi connectivity index (χ0) is 12.2. The fraction of sp³-hybridized carbons (Fsp3) is 0.867. The Labute approximate surface area is 100 Å². The molecule has 0 spiro atoms. The van der Waals surface area contributed by atoms with Crippen LogP contribution in [0.25, 0.3) is 0 Å². The van der Waals surface area contributed by atoms with E-state index in [4.69, 9.17) is 0 Å². The summed E-state index contributed by atoms with van der Waals surface area (Å²) in [4.78, 5) is 0. The quantitative estimate of drug-likeness (QED) is 0.559. The van der Waals surface area contributed by atoms with Crippen molar-refractivity contribution in [3.8, 4) is 0 Å². The molecule has 0 aromatic heterocycles. The first kappa shape index (κ1) is 13.7. The predicted molar refractivity (Wildman–Crippen MR) is 69.3 cm³/mol. The molecule has 16 heavy (non-hydrogen) atoms. The lowest BCUT2D eigenvalue weighted by atomic mass is 9.64. The van der Waals surface area contributed by atoms with E-state index in [9.17, 15) is 4.39 Å². The Morgan fingerprint density at radius 3 is 2.31 bits per heavy atom. The maximum atomic E-state index is 14.6. The summed E-state index contributed by atoms with van der Waals surface area (Å²) in [7, 11) is 0. The molecular weight excluding hydrogens is 199 g/mol. The molecule has 0 amide bonds. The zero-order valence-corrected chi connectivity index (χ0v) is 11.4. The number of allylic oxidation sites excluding steroid dienone is 2.